The fraction of sp³-hybridized carbons (Fsp3) is 0.417. The number of hydrogen-bond donors (Lipinski definition) is 0. The van der Waals surface area contributed by atoms with Gasteiger partial charge < -0.3 is 14.2 Å². The van der Waals surface area contributed by atoms with Crippen LogP contribution in [-0.2, 0) is 30.9 Å². The summed E-state index contributed by atoms with van der Waals surface area (Å²) >= 11 is 1.45. The highest BCUT2D eigenvalue weighted by molar-refractivity contribution is 8.00. The molecule has 0 aliphatic heterocycles. The number of ether oxygens (including phenoxy) is 3. The molecule has 0 saturated heterocycles. The first-order chi connectivity index (χ1) is 15.1. The number of Topliss-reactive ketones (excluding diaryl/α,β-unsaturated/α-hetero) is 1. The van der Waals surface area contributed by atoms with Crippen LogP contribution in [0.15, 0.2) is 47.4 Å². The molecule has 0 amide bonds. The third-order valence-corrected chi connectivity index (χ3v) is 7.30. The fourth-order valence-electron chi connectivity index (χ4n) is 3.11. The Hall–Kier alpha value is -2.32. The van der Waals surface area contributed by atoms with E-state index in [-0.39, 0.29) is 12.4 Å². The number of esters is 1. The first-order valence-corrected chi connectivity index (χ1v) is 12.7. The van der Waals surface area contributed by atoms with Crippen LogP contribution in [0.2, 0.25) is 0 Å². The molecule has 0 spiro atoms. The van der Waals surface area contributed by atoms with E-state index in [1.807, 2.05) is 24.3 Å². The molecule has 2 aromatic carbocycles. The van der Waals surface area contributed by atoms with Crippen molar-refractivity contribution in [3.05, 3.63) is 53.6 Å². The summed E-state index contributed by atoms with van der Waals surface area (Å²) < 4.78 is 26.9. The Morgan fingerprint density at radius 3 is 2.25 bits per heavy atom. The molecule has 0 fully saturated rings. The van der Waals surface area contributed by atoms with E-state index in [2.05, 4.69) is 0 Å². The van der Waals surface area contributed by atoms with E-state index >= 15 is 0 Å². The highest BCUT2D eigenvalue weighted by Crippen LogP contribution is 2.38. The Bertz CT molecular complexity index is 969. The average molecular weight is 479 g/mol. The quantitative estimate of drug-likeness (QED) is 0.350. The van der Waals surface area contributed by atoms with Crippen LogP contribution < -0.4 is 9.47 Å². The van der Waals surface area contributed by atoms with Crippen molar-refractivity contribution < 1.29 is 28.0 Å². The molecule has 0 aromatic heterocycles. The molecule has 0 radical (unpaired) electrons. The van der Waals surface area contributed by atoms with Gasteiger partial charge in [0.25, 0.3) is 0 Å². The van der Waals surface area contributed by atoms with Gasteiger partial charge >= 0.3 is 5.97 Å². The summed E-state index contributed by atoms with van der Waals surface area (Å²) in [5.74, 6) is -0.372. The van der Waals surface area contributed by atoms with Crippen LogP contribution in [0, 0.1) is 0 Å². The molecule has 174 valence electrons. The van der Waals surface area contributed by atoms with E-state index < -0.39 is 27.4 Å². The van der Waals surface area contributed by atoms with Crippen LogP contribution in [0.3, 0.4) is 0 Å². The first kappa shape index (κ1) is 25.9. The van der Waals surface area contributed by atoms with Gasteiger partial charge in [0.2, 0.25) is 0 Å². The van der Waals surface area contributed by atoms with E-state index in [1.54, 1.807) is 52.3 Å². The molecule has 0 saturated carbocycles. The number of ketones is 1. The second-order valence-electron chi connectivity index (χ2n) is 7.55. The van der Waals surface area contributed by atoms with Crippen LogP contribution in [-0.4, -0.2) is 47.8 Å². The summed E-state index contributed by atoms with van der Waals surface area (Å²) in [5, 5.41) is 0. The van der Waals surface area contributed by atoms with Crippen LogP contribution >= 0.6 is 11.8 Å². The van der Waals surface area contributed by atoms with Crippen molar-refractivity contribution in [2.45, 2.75) is 42.1 Å². The number of rotatable bonds is 11. The topological polar surface area (TPSA) is 78.9 Å². The van der Waals surface area contributed by atoms with E-state index in [9.17, 15) is 13.8 Å². The lowest BCUT2D eigenvalue weighted by molar-refractivity contribution is -0.148. The Balaban J connectivity index is 2.35. The summed E-state index contributed by atoms with van der Waals surface area (Å²) in [5.41, 5.74) is 1.44. The zero-order valence-electron chi connectivity index (χ0n) is 19.3. The summed E-state index contributed by atoms with van der Waals surface area (Å²) in [4.78, 5) is 27.1. The minimum atomic E-state index is -1.23. The Morgan fingerprint density at radius 2 is 1.72 bits per heavy atom. The smallest absolute Gasteiger partial charge is 0.321 e. The van der Waals surface area contributed by atoms with Gasteiger partial charge in [-0.1, -0.05) is 18.2 Å². The molecule has 2 rings (SSSR count). The van der Waals surface area contributed by atoms with Gasteiger partial charge in [-0.25, -0.2) is 0 Å². The predicted molar refractivity (Wildman–Crippen MR) is 128 cm³/mol. The third kappa shape index (κ3) is 6.36. The molecule has 6 nitrogen and oxygen atoms in total. The zero-order chi connectivity index (χ0) is 23.9. The van der Waals surface area contributed by atoms with Gasteiger partial charge in [-0.05, 0) is 50.6 Å². The Labute approximate surface area is 196 Å². The van der Waals surface area contributed by atoms with Gasteiger partial charge in [0.1, 0.15) is 17.4 Å². The number of benzene rings is 2. The van der Waals surface area contributed by atoms with E-state index in [4.69, 9.17) is 14.2 Å². The molecule has 0 N–H and O–H groups in total. The molecule has 0 aliphatic carbocycles. The second-order valence-corrected chi connectivity index (χ2v) is 10.5. The Kier molecular flexibility index (Phi) is 9.33. The lowest BCUT2D eigenvalue weighted by Crippen LogP contribution is -2.37. The van der Waals surface area contributed by atoms with Crippen molar-refractivity contribution in [3.63, 3.8) is 0 Å². The molecular weight excluding hydrogens is 448 g/mol. The maximum absolute atomic E-state index is 13.6. The maximum atomic E-state index is 13.6. The van der Waals surface area contributed by atoms with Gasteiger partial charge in [0.05, 0.1) is 25.6 Å². The Morgan fingerprint density at radius 1 is 1.06 bits per heavy atom. The standard InChI is InChI=1S/C24H30O6S2/c1-7-30-23(26)21(19-13-12-18(32(6)27)14-20(19)29-5)22(25)24(2,3)31-15-16-8-10-17(28-4)11-9-16/h8-14,21H,7,15H2,1-6H3. The minimum absolute atomic E-state index is 0.154. The highest BCUT2D eigenvalue weighted by Gasteiger charge is 2.41. The predicted octanol–water partition coefficient (Wildman–Crippen LogP) is 4.37. The molecule has 2 aromatic rings. The third-order valence-electron chi connectivity index (χ3n) is 4.98. The van der Waals surface area contributed by atoms with Gasteiger partial charge in [-0.15, -0.1) is 11.8 Å². The summed E-state index contributed by atoms with van der Waals surface area (Å²) in [6, 6.07) is 12.5. The minimum Gasteiger partial charge on any atom is -0.497 e. The zero-order valence-corrected chi connectivity index (χ0v) is 20.9. The lowest BCUT2D eigenvalue weighted by atomic mass is 9.87. The monoisotopic (exact) mass is 478 g/mol. The summed E-state index contributed by atoms with van der Waals surface area (Å²) in [6.45, 7) is 5.46. The van der Waals surface area contributed by atoms with Crippen LogP contribution in [0.1, 0.15) is 37.8 Å². The molecule has 2 unspecified atom stereocenters. The summed E-state index contributed by atoms with van der Waals surface area (Å²) in [6.07, 6.45) is 1.56. The van der Waals surface area contributed by atoms with Gasteiger partial charge in [-0.2, -0.15) is 0 Å². The van der Waals surface area contributed by atoms with Crippen LogP contribution in [0.4, 0.5) is 0 Å². The normalized spacial score (nSPS) is 13.2. The number of thioether (sulfide) groups is 1. The maximum Gasteiger partial charge on any atom is 0.321 e. The van der Waals surface area contributed by atoms with Gasteiger partial charge in [0, 0.05) is 33.3 Å². The molecular formula is C24H30O6S2. The molecule has 32 heavy (non-hydrogen) atoms. The van der Waals surface area contributed by atoms with Crippen molar-refractivity contribution in [1.82, 2.24) is 0 Å². The largest absolute Gasteiger partial charge is 0.497 e. The molecule has 0 aliphatic rings. The van der Waals surface area contributed by atoms with Gasteiger partial charge in [0.15, 0.2) is 5.78 Å². The molecule has 8 heteroatoms. The van der Waals surface area contributed by atoms with Crippen LogP contribution in [0.5, 0.6) is 11.5 Å². The molecule has 2 atom stereocenters. The van der Waals surface area contributed by atoms with E-state index in [0.717, 1.165) is 11.3 Å². The van der Waals surface area contributed by atoms with Crippen molar-refractivity contribution in [3.8, 4) is 11.5 Å². The number of carbonyl (C=O) groups excluding carboxylic acids is 2. The molecule has 0 heterocycles. The van der Waals surface area contributed by atoms with Gasteiger partial charge in [-0.3, -0.25) is 13.8 Å². The fourth-order valence-corrected chi connectivity index (χ4v) is 4.63. The average Bonchev–Trinajstić information content (AvgIpc) is 2.78. The lowest BCUT2D eigenvalue weighted by Gasteiger charge is -2.28. The van der Waals surface area contributed by atoms with Crippen LogP contribution in [0.25, 0.3) is 0 Å². The van der Waals surface area contributed by atoms with E-state index in [0.29, 0.717) is 22.0 Å². The number of hydrogen-bond acceptors (Lipinski definition) is 7. The first-order valence-electron chi connectivity index (χ1n) is 10.1. The number of carbonyl (C=O) groups is 2. The highest BCUT2D eigenvalue weighted by atomic mass is 32.2. The molecule has 0 bridgehead atoms. The van der Waals surface area contributed by atoms with E-state index in [1.165, 1.54) is 18.9 Å². The van der Waals surface area contributed by atoms with Crippen molar-refractivity contribution in [2.75, 3.05) is 27.1 Å². The van der Waals surface area contributed by atoms with Crippen molar-refractivity contribution in [2.24, 2.45) is 0 Å². The second kappa shape index (κ2) is 11.5. The van der Waals surface area contributed by atoms with Crippen molar-refractivity contribution >= 4 is 34.3 Å². The number of methoxy groups -OCH3 is 2. The van der Waals surface area contributed by atoms with Crippen molar-refractivity contribution in [1.29, 1.82) is 0 Å². The summed E-state index contributed by atoms with van der Waals surface area (Å²) in [7, 11) is 1.84. The SMILES string of the molecule is CCOC(=O)C(C(=O)C(C)(C)SCc1ccc(OC)cc1)c1ccc(S(C)=O)cc1OC.